The van der Waals surface area contributed by atoms with E-state index in [0.29, 0.717) is 5.56 Å². The fourth-order valence-electron chi connectivity index (χ4n) is 1.94. The van der Waals surface area contributed by atoms with Crippen LogP contribution in [0.25, 0.3) is 10.9 Å². The molecular formula is C14H12N4OS2. The van der Waals surface area contributed by atoms with Gasteiger partial charge in [0.1, 0.15) is 10.0 Å². The van der Waals surface area contributed by atoms with E-state index < -0.39 is 0 Å². The van der Waals surface area contributed by atoms with Crippen LogP contribution in [0.1, 0.15) is 15.4 Å². The van der Waals surface area contributed by atoms with Crippen LogP contribution in [0.2, 0.25) is 0 Å². The summed E-state index contributed by atoms with van der Waals surface area (Å²) in [6, 6.07) is 9.40. The Morgan fingerprint density at radius 2 is 2.10 bits per heavy atom. The number of para-hydroxylation sites is 1. The molecule has 1 amide bonds. The predicted molar refractivity (Wildman–Crippen MR) is 83.9 cm³/mol. The summed E-state index contributed by atoms with van der Waals surface area (Å²) in [4.78, 5) is 16.6. The lowest BCUT2D eigenvalue weighted by Gasteiger charge is -2.07. The number of rotatable bonds is 3. The fraction of sp³-hybridized carbons (Fsp3) is 0.143. The Bertz CT molecular complexity index is 816. The van der Waals surface area contributed by atoms with Crippen LogP contribution in [-0.4, -0.2) is 28.1 Å². The SMILES string of the molecule is CNC(=O)c1cc(Sc2nnc(C)s2)nc2ccccc12. The molecule has 0 fully saturated rings. The Kier molecular flexibility index (Phi) is 3.85. The van der Waals surface area contributed by atoms with Gasteiger partial charge in [0, 0.05) is 12.4 Å². The highest BCUT2D eigenvalue weighted by molar-refractivity contribution is 8.01. The number of nitrogens with zero attached hydrogens (tertiary/aromatic N) is 3. The first kappa shape index (κ1) is 14.0. The zero-order valence-electron chi connectivity index (χ0n) is 11.5. The summed E-state index contributed by atoms with van der Waals surface area (Å²) in [7, 11) is 1.62. The van der Waals surface area contributed by atoms with Gasteiger partial charge in [-0.2, -0.15) is 0 Å². The number of aryl methyl sites for hydroxylation is 1. The van der Waals surface area contributed by atoms with Crippen molar-refractivity contribution in [2.75, 3.05) is 7.05 Å². The van der Waals surface area contributed by atoms with Crippen LogP contribution < -0.4 is 5.32 Å². The van der Waals surface area contributed by atoms with Crippen LogP contribution >= 0.6 is 23.1 Å². The zero-order chi connectivity index (χ0) is 14.8. The molecule has 1 N–H and O–H groups in total. The molecular weight excluding hydrogens is 304 g/mol. The van der Waals surface area contributed by atoms with Crippen molar-refractivity contribution in [2.45, 2.75) is 16.3 Å². The molecule has 7 heteroatoms. The number of carbonyl (C=O) groups is 1. The Morgan fingerprint density at radius 1 is 1.29 bits per heavy atom. The number of hydrogen-bond donors (Lipinski definition) is 1. The number of pyridine rings is 1. The first-order valence-electron chi connectivity index (χ1n) is 6.27. The van der Waals surface area contributed by atoms with Gasteiger partial charge in [-0.1, -0.05) is 29.5 Å². The highest BCUT2D eigenvalue weighted by Crippen LogP contribution is 2.31. The number of carbonyl (C=O) groups excluding carboxylic acids is 1. The molecule has 0 saturated carbocycles. The summed E-state index contributed by atoms with van der Waals surface area (Å²) >= 11 is 2.93. The molecule has 5 nitrogen and oxygen atoms in total. The fourth-order valence-corrected chi connectivity index (χ4v) is 3.72. The van der Waals surface area contributed by atoms with Crippen LogP contribution in [-0.2, 0) is 0 Å². The van der Waals surface area contributed by atoms with Gasteiger partial charge >= 0.3 is 0 Å². The summed E-state index contributed by atoms with van der Waals surface area (Å²) in [5, 5.41) is 13.2. The van der Waals surface area contributed by atoms with Crippen LogP contribution in [0.5, 0.6) is 0 Å². The van der Waals surface area contributed by atoms with E-state index in [-0.39, 0.29) is 5.91 Å². The van der Waals surface area contributed by atoms with Crippen molar-refractivity contribution in [3.8, 4) is 0 Å². The second-order valence-corrected chi connectivity index (χ2v) is 6.74. The van der Waals surface area contributed by atoms with Crippen molar-refractivity contribution in [1.82, 2.24) is 20.5 Å². The molecule has 0 aliphatic rings. The van der Waals surface area contributed by atoms with E-state index in [1.54, 1.807) is 13.1 Å². The minimum Gasteiger partial charge on any atom is -0.355 e. The van der Waals surface area contributed by atoms with Crippen molar-refractivity contribution in [3.63, 3.8) is 0 Å². The number of amides is 1. The molecule has 0 radical (unpaired) electrons. The molecule has 0 aliphatic carbocycles. The third-order valence-corrected chi connectivity index (χ3v) is 4.67. The topological polar surface area (TPSA) is 67.8 Å². The molecule has 2 aromatic heterocycles. The van der Waals surface area contributed by atoms with Crippen LogP contribution in [0.3, 0.4) is 0 Å². The summed E-state index contributed by atoms with van der Waals surface area (Å²) in [5.41, 5.74) is 1.41. The molecule has 0 aliphatic heterocycles. The number of aromatic nitrogens is 3. The first-order chi connectivity index (χ1) is 10.2. The molecule has 0 saturated heterocycles. The monoisotopic (exact) mass is 316 g/mol. The standard InChI is InChI=1S/C14H12N4OS2/c1-8-17-18-14(20-8)21-12-7-10(13(19)15-2)9-5-3-4-6-11(9)16-12/h3-7H,1-2H3,(H,15,19). The van der Waals surface area contributed by atoms with E-state index in [1.807, 2.05) is 31.2 Å². The second-order valence-electron chi connectivity index (χ2n) is 4.29. The Labute approximate surface area is 129 Å². The maximum Gasteiger partial charge on any atom is 0.251 e. The highest BCUT2D eigenvalue weighted by atomic mass is 32.2. The van der Waals surface area contributed by atoms with Crippen molar-refractivity contribution >= 4 is 39.9 Å². The van der Waals surface area contributed by atoms with E-state index in [2.05, 4.69) is 20.5 Å². The van der Waals surface area contributed by atoms with E-state index in [0.717, 1.165) is 25.3 Å². The maximum atomic E-state index is 12.1. The molecule has 1 aromatic carbocycles. The lowest BCUT2D eigenvalue weighted by Crippen LogP contribution is -2.18. The van der Waals surface area contributed by atoms with E-state index in [4.69, 9.17) is 0 Å². The van der Waals surface area contributed by atoms with Gasteiger partial charge in [0.05, 0.1) is 11.1 Å². The molecule has 0 bridgehead atoms. The predicted octanol–water partition coefficient (Wildman–Crippen LogP) is 2.91. The molecule has 2 heterocycles. The minimum atomic E-state index is -0.121. The molecule has 0 spiro atoms. The number of fused-ring (bicyclic) bond motifs is 1. The van der Waals surface area contributed by atoms with Gasteiger partial charge < -0.3 is 5.32 Å². The normalized spacial score (nSPS) is 10.8. The third-order valence-electron chi connectivity index (χ3n) is 2.86. The van der Waals surface area contributed by atoms with Crippen molar-refractivity contribution in [2.24, 2.45) is 0 Å². The summed E-state index contributed by atoms with van der Waals surface area (Å²) in [6.45, 7) is 1.91. The van der Waals surface area contributed by atoms with Crippen molar-refractivity contribution in [3.05, 3.63) is 40.9 Å². The van der Waals surface area contributed by atoms with Gasteiger partial charge in [-0.15, -0.1) is 10.2 Å². The minimum absolute atomic E-state index is 0.121. The van der Waals surface area contributed by atoms with Gasteiger partial charge in [-0.25, -0.2) is 4.98 Å². The maximum absolute atomic E-state index is 12.1. The van der Waals surface area contributed by atoms with Gasteiger partial charge in [0.25, 0.3) is 5.91 Å². The van der Waals surface area contributed by atoms with Crippen LogP contribution in [0.15, 0.2) is 39.7 Å². The molecule has 21 heavy (non-hydrogen) atoms. The Hall–Kier alpha value is -1.99. The molecule has 106 valence electrons. The van der Waals surface area contributed by atoms with Gasteiger partial charge in [-0.05, 0) is 30.8 Å². The smallest absolute Gasteiger partial charge is 0.251 e. The molecule has 0 atom stereocenters. The lowest BCUT2D eigenvalue weighted by molar-refractivity contribution is 0.0964. The molecule has 0 unspecified atom stereocenters. The average molecular weight is 316 g/mol. The first-order valence-corrected chi connectivity index (χ1v) is 7.90. The molecule has 3 rings (SSSR count). The largest absolute Gasteiger partial charge is 0.355 e. The number of hydrogen-bond acceptors (Lipinski definition) is 6. The average Bonchev–Trinajstić information content (AvgIpc) is 2.90. The number of nitrogens with one attached hydrogen (secondary N) is 1. The van der Waals surface area contributed by atoms with Gasteiger partial charge in [0.15, 0.2) is 4.34 Å². The van der Waals surface area contributed by atoms with E-state index in [9.17, 15) is 4.79 Å². The Morgan fingerprint density at radius 3 is 2.81 bits per heavy atom. The van der Waals surface area contributed by atoms with Crippen molar-refractivity contribution < 1.29 is 4.79 Å². The lowest BCUT2D eigenvalue weighted by atomic mass is 10.1. The van der Waals surface area contributed by atoms with Gasteiger partial charge in [-0.3, -0.25) is 4.79 Å². The van der Waals surface area contributed by atoms with E-state index in [1.165, 1.54) is 23.1 Å². The highest BCUT2D eigenvalue weighted by Gasteiger charge is 2.13. The van der Waals surface area contributed by atoms with Crippen molar-refractivity contribution in [1.29, 1.82) is 0 Å². The summed E-state index contributed by atoms with van der Waals surface area (Å²) < 4.78 is 0.818. The number of benzene rings is 1. The quantitative estimate of drug-likeness (QED) is 0.804. The molecule has 3 aromatic rings. The van der Waals surface area contributed by atoms with E-state index >= 15 is 0 Å². The second kappa shape index (κ2) is 5.79. The van der Waals surface area contributed by atoms with Crippen LogP contribution in [0.4, 0.5) is 0 Å². The summed E-state index contributed by atoms with van der Waals surface area (Å²) in [5.74, 6) is -0.121. The Balaban J connectivity index is 2.09. The van der Waals surface area contributed by atoms with Gasteiger partial charge in [0.2, 0.25) is 0 Å². The zero-order valence-corrected chi connectivity index (χ0v) is 13.1. The summed E-state index contributed by atoms with van der Waals surface area (Å²) in [6.07, 6.45) is 0. The third kappa shape index (κ3) is 2.88. The van der Waals surface area contributed by atoms with Crippen LogP contribution in [0, 0.1) is 6.92 Å².